The van der Waals surface area contributed by atoms with Crippen molar-refractivity contribution in [3.8, 4) is 0 Å². The summed E-state index contributed by atoms with van der Waals surface area (Å²) < 4.78 is 8.09. The number of rotatable bonds is 5. The average molecular weight is 158 g/mol. The van der Waals surface area contributed by atoms with E-state index in [2.05, 4.69) is 16.1 Å². The predicted molar refractivity (Wildman–Crippen MR) is 39.2 cm³/mol. The van der Waals surface area contributed by atoms with Gasteiger partial charge < -0.3 is 9.47 Å². The molecule has 0 N–H and O–H groups in total. The largest absolute Gasteiger partial charge is 0.458 e. The number of ether oxygens (including phenoxy) is 2. The minimum Gasteiger partial charge on any atom is -0.458 e. The third-order valence-corrected chi connectivity index (χ3v) is 0.463. The van der Waals surface area contributed by atoms with Gasteiger partial charge in [0.15, 0.2) is 0 Å². The molecule has 0 aliphatic heterocycles. The van der Waals surface area contributed by atoms with E-state index in [0.29, 0.717) is 6.61 Å². The first kappa shape index (κ1) is 12.4. The normalized spacial score (nSPS) is 6.64. The fourth-order valence-electron chi connectivity index (χ4n) is 0.152. The summed E-state index contributed by atoms with van der Waals surface area (Å²) in [5, 5.41) is 0. The van der Waals surface area contributed by atoms with Crippen LogP contribution in [0.4, 0.5) is 0 Å². The minimum absolute atomic E-state index is 0.253. The standard InChI is InChI=1S/C4H5O2.C3H5O2/c1-2-3-6-4-5;1-2-5-3-4/h2H,1,3H2;2H2,1H3. The van der Waals surface area contributed by atoms with Crippen LogP contribution in [-0.4, -0.2) is 26.2 Å². The highest BCUT2D eigenvalue weighted by Crippen LogP contribution is 1.62. The van der Waals surface area contributed by atoms with Gasteiger partial charge in [0, 0.05) is 0 Å². The third-order valence-electron chi connectivity index (χ3n) is 0.463. The quantitative estimate of drug-likeness (QED) is 0.428. The van der Waals surface area contributed by atoms with Crippen molar-refractivity contribution >= 4 is 12.9 Å². The zero-order valence-corrected chi connectivity index (χ0v) is 6.33. The Balaban J connectivity index is 0. The van der Waals surface area contributed by atoms with Crippen molar-refractivity contribution in [3.63, 3.8) is 0 Å². The van der Waals surface area contributed by atoms with Gasteiger partial charge in [-0.1, -0.05) is 12.7 Å². The highest BCUT2D eigenvalue weighted by atomic mass is 16.5. The fraction of sp³-hybridized carbons (Fsp3) is 0.429. The number of carbonyl (C=O) groups excluding carboxylic acids is 2. The summed E-state index contributed by atoms with van der Waals surface area (Å²) in [4.78, 5) is 18.2. The molecule has 11 heavy (non-hydrogen) atoms. The summed E-state index contributed by atoms with van der Waals surface area (Å²) in [6, 6.07) is 0. The molecular weight excluding hydrogens is 148 g/mol. The van der Waals surface area contributed by atoms with Crippen LogP contribution in [-0.2, 0) is 19.1 Å². The van der Waals surface area contributed by atoms with Gasteiger partial charge >= 0.3 is 12.9 Å². The van der Waals surface area contributed by atoms with Crippen molar-refractivity contribution < 1.29 is 19.1 Å². The van der Waals surface area contributed by atoms with Crippen LogP contribution in [0.1, 0.15) is 6.92 Å². The fourth-order valence-corrected chi connectivity index (χ4v) is 0.152. The first-order valence-electron chi connectivity index (χ1n) is 2.92. The predicted octanol–water partition coefficient (Wildman–Crippen LogP) is 0.346. The van der Waals surface area contributed by atoms with Crippen LogP contribution < -0.4 is 0 Å². The Bertz CT molecular complexity index is 92.6. The van der Waals surface area contributed by atoms with Crippen LogP contribution in [0.25, 0.3) is 0 Å². The molecule has 0 heterocycles. The molecule has 2 radical (unpaired) electrons. The van der Waals surface area contributed by atoms with Crippen molar-refractivity contribution in [3.05, 3.63) is 12.7 Å². The molecule has 0 unspecified atom stereocenters. The smallest absolute Gasteiger partial charge is 0.417 e. The van der Waals surface area contributed by atoms with Gasteiger partial charge in [-0.15, -0.1) is 0 Å². The molecule has 4 nitrogen and oxygen atoms in total. The number of hydrogen-bond donors (Lipinski definition) is 0. The highest BCUT2D eigenvalue weighted by Gasteiger charge is 1.68. The average Bonchev–Trinajstić information content (AvgIpc) is 2.04. The molecule has 0 aliphatic carbocycles. The molecule has 0 amide bonds. The zero-order chi connectivity index (χ0) is 8.95. The lowest BCUT2D eigenvalue weighted by molar-refractivity contribution is 0.296. The molecule has 0 bridgehead atoms. The van der Waals surface area contributed by atoms with E-state index < -0.39 is 0 Å². The molecule has 0 rings (SSSR count). The van der Waals surface area contributed by atoms with Gasteiger partial charge in [0.25, 0.3) is 0 Å². The summed E-state index contributed by atoms with van der Waals surface area (Å²) in [5.74, 6) is 0. The number of hydrogen-bond acceptors (Lipinski definition) is 4. The van der Waals surface area contributed by atoms with Crippen LogP contribution >= 0.6 is 0 Å². The lowest BCUT2D eigenvalue weighted by atomic mass is 10.7. The molecule has 0 saturated carbocycles. The zero-order valence-electron chi connectivity index (χ0n) is 6.33. The molecular formula is C7H10O4. The Morgan fingerprint density at radius 2 is 1.91 bits per heavy atom. The lowest BCUT2D eigenvalue weighted by Gasteiger charge is -1.80. The Morgan fingerprint density at radius 3 is 2.00 bits per heavy atom. The van der Waals surface area contributed by atoms with Crippen molar-refractivity contribution in [2.45, 2.75) is 6.92 Å². The van der Waals surface area contributed by atoms with E-state index in [0.717, 1.165) is 0 Å². The van der Waals surface area contributed by atoms with E-state index in [4.69, 9.17) is 9.59 Å². The first-order chi connectivity index (χ1) is 5.33. The molecule has 0 atom stereocenters. The molecule has 0 aromatic heterocycles. The first-order valence-corrected chi connectivity index (χ1v) is 2.92. The lowest BCUT2D eigenvalue weighted by Crippen LogP contribution is -1.82. The van der Waals surface area contributed by atoms with Crippen LogP contribution in [0.15, 0.2) is 12.7 Å². The van der Waals surface area contributed by atoms with Gasteiger partial charge in [0.1, 0.15) is 6.61 Å². The molecule has 0 spiro atoms. The van der Waals surface area contributed by atoms with Crippen molar-refractivity contribution in [1.29, 1.82) is 0 Å². The highest BCUT2D eigenvalue weighted by molar-refractivity contribution is 5.38. The van der Waals surface area contributed by atoms with Crippen molar-refractivity contribution in [1.82, 2.24) is 0 Å². The van der Waals surface area contributed by atoms with Gasteiger partial charge in [0.2, 0.25) is 0 Å². The topological polar surface area (TPSA) is 52.6 Å². The Hall–Kier alpha value is -1.32. The van der Waals surface area contributed by atoms with E-state index in [-0.39, 0.29) is 6.61 Å². The van der Waals surface area contributed by atoms with Crippen molar-refractivity contribution in [2.24, 2.45) is 0 Å². The monoisotopic (exact) mass is 158 g/mol. The molecule has 0 aromatic carbocycles. The maximum absolute atomic E-state index is 9.17. The second-order valence-corrected chi connectivity index (χ2v) is 1.20. The summed E-state index contributed by atoms with van der Waals surface area (Å²) in [5.41, 5.74) is 0. The second-order valence-electron chi connectivity index (χ2n) is 1.20. The van der Waals surface area contributed by atoms with E-state index in [1.165, 1.54) is 19.0 Å². The molecule has 0 aromatic rings. The van der Waals surface area contributed by atoms with Gasteiger partial charge in [-0.2, -0.15) is 0 Å². The Labute approximate surface area is 65.8 Å². The maximum Gasteiger partial charge on any atom is 0.417 e. The van der Waals surface area contributed by atoms with Crippen LogP contribution in [0.3, 0.4) is 0 Å². The Kier molecular flexibility index (Phi) is 17.8. The van der Waals surface area contributed by atoms with Crippen LogP contribution in [0.2, 0.25) is 0 Å². The molecule has 0 saturated heterocycles. The van der Waals surface area contributed by atoms with Gasteiger partial charge in [-0.3, -0.25) is 0 Å². The van der Waals surface area contributed by atoms with Crippen molar-refractivity contribution in [2.75, 3.05) is 13.2 Å². The summed E-state index contributed by atoms with van der Waals surface area (Å²) in [6.45, 7) is 8.21. The SMILES string of the molecule is C=CCO[C]=O.CCO[C]=O. The van der Waals surface area contributed by atoms with E-state index in [9.17, 15) is 0 Å². The minimum atomic E-state index is 0.253. The van der Waals surface area contributed by atoms with Gasteiger partial charge in [-0.25, -0.2) is 9.59 Å². The second kappa shape index (κ2) is 15.9. The summed E-state index contributed by atoms with van der Waals surface area (Å²) in [7, 11) is 0. The molecule has 4 heteroatoms. The van der Waals surface area contributed by atoms with E-state index in [1.807, 2.05) is 0 Å². The van der Waals surface area contributed by atoms with E-state index in [1.54, 1.807) is 6.92 Å². The molecule has 0 aliphatic rings. The van der Waals surface area contributed by atoms with Gasteiger partial charge in [-0.05, 0) is 6.92 Å². The summed E-state index contributed by atoms with van der Waals surface area (Å²) in [6.07, 6.45) is 1.48. The molecule has 62 valence electrons. The third kappa shape index (κ3) is 28.6. The molecule has 0 fully saturated rings. The maximum atomic E-state index is 9.17. The van der Waals surface area contributed by atoms with Gasteiger partial charge in [0.05, 0.1) is 6.61 Å². The summed E-state index contributed by atoms with van der Waals surface area (Å²) >= 11 is 0. The Morgan fingerprint density at radius 1 is 1.36 bits per heavy atom. The van der Waals surface area contributed by atoms with Crippen LogP contribution in [0.5, 0.6) is 0 Å². The van der Waals surface area contributed by atoms with E-state index >= 15 is 0 Å². The van der Waals surface area contributed by atoms with Crippen LogP contribution in [0, 0.1) is 0 Å².